The average Bonchev–Trinajstić information content (AvgIpc) is 2.38. The molecular weight excluding hydrogens is 278 g/mol. The van der Waals surface area contributed by atoms with Gasteiger partial charge in [0.25, 0.3) is 0 Å². The largest absolute Gasteiger partial charge is 0.478 e. The van der Waals surface area contributed by atoms with Crippen molar-refractivity contribution in [2.75, 3.05) is 5.32 Å². The summed E-state index contributed by atoms with van der Waals surface area (Å²) in [5, 5.41) is 21.4. The first-order chi connectivity index (χ1) is 9.51. The molecule has 0 unspecified atom stereocenters. The number of aromatic nitrogens is 1. The van der Waals surface area contributed by atoms with Gasteiger partial charge in [-0.2, -0.15) is 5.26 Å². The van der Waals surface area contributed by atoms with Gasteiger partial charge in [-0.25, -0.2) is 9.78 Å². The quantitative estimate of drug-likeness (QED) is 0.904. The first-order valence-corrected chi connectivity index (χ1v) is 6.06. The van der Waals surface area contributed by atoms with Crippen LogP contribution in [0.5, 0.6) is 0 Å². The van der Waals surface area contributed by atoms with Crippen LogP contribution in [0.2, 0.25) is 5.02 Å². The van der Waals surface area contributed by atoms with Gasteiger partial charge in [-0.3, -0.25) is 0 Å². The maximum absolute atomic E-state index is 10.9. The highest BCUT2D eigenvalue weighted by atomic mass is 35.5. The number of carboxylic acids is 1. The SMILES string of the molecule is Cc1nc(Nc2cc(Cl)ccc2C#N)ccc1C(=O)O. The van der Waals surface area contributed by atoms with Gasteiger partial charge in [0.05, 0.1) is 22.5 Å². The number of aryl methyl sites for hydroxylation is 1. The van der Waals surface area contributed by atoms with Crippen molar-refractivity contribution in [1.82, 2.24) is 4.98 Å². The maximum atomic E-state index is 10.9. The van der Waals surface area contributed by atoms with E-state index in [1.54, 1.807) is 31.2 Å². The molecule has 20 heavy (non-hydrogen) atoms. The number of carboxylic acid groups (broad SMARTS) is 1. The predicted molar refractivity (Wildman–Crippen MR) is 75.4 cm³/mol. The Morgan fingerprint density at radius 3 is 2.75 bits per heavy atom. The number of nitriles is 1. The number of nitrogens with zero attached hydrogens (tertiary/aromatic N) is 2. The van der Waals surface area contributed by atoms with Crippen LogP contribution in [0.1, 0.15) is 21.6 Å². The van der Waals surface area contributed by atoms with E-state index < -0.39 is 5.97 Å². The monoisotopic (exact) mass is 287 g/mol. The lowest BCUT2D eigenvalue weighted by Gasteiger charge is -2.09. The van der Waals surface area contributed by atoms with Gasteiger partial charge in [-0.15, -0.1) is 0 Å². The van der Waals surface area contributed by atoms with Crippen molar-refractivity contribution in [2.24, 2.45) is 0 Å². The molecule has 0 aliphatic heterocycles. The standard InChI is InChI=1S/C14H10ClN3O2/c1-8-11(14(19)20)4-5-13(17-8)18-12-6-10(15)3-2-9(12)7-16/h2-6H,1H3,(H,17,18)(H,19,20). The van der Waals surface area contributed by atoms with E-state index in [1.165, 1.54) is 6.07 Å². The predicted octanol–water partition coefficient (Wildman–Crippen LogP) is 3.36. The number of pyridine rings is 1. The molecule has 0 radical (unpaired) electrons. The van der Waals surface area contributed by atoms with E-state index in [1.807, 2.05) is 6.07 Å². The van der Waals surface area contributed by atoms with Crippen LogP contribution in [0.4, 0.5) is 11.5 Å². The van der Waals surface area contributed by atoms with Crippen LogP contribution < -0.4 is 5.32 Å². The minimum absolute atomic E-state index is 0.141. The Bertz CT molecular complexity index is 723. The summed E-state index contributed by atoms with van der Waals surface area (Å²) in [5.74, 6) is -0.576. The number of anilines is 2. The summed E-state index contributed by atoms with van der Waals surface area (Å²) in [7, 11) is 0. The Morgan fingerprint density at radius 1 is 1.40 bits per heavy atom. The van der Waals surface area contributed by atoms with E-state index in [4.69, 9.17) is 22.0 Å². The van der Waals surface area contributed by atoms with Crippen LogP contribution in [-0.4, -0.2) is 16.1 Å². The number of hydrogen-bond donors (Lipinski definition) is 2. The van der Waals surface area contributed by atoms with Gasteiger partial charge < -0.3 is 10.4 Å². The summed E-state index contributed by atoms with van der Waals surface area (Å²) in [5.41, 5.74) is 1.48. The first-order valence-electron chi connectivity index (χ1n) is 5.69. The average molecular weight is 288 g/mol. The number of hydrogen-bond acceptors (Lipinski definition) is 4. The summed E-state index contributed by atoms with van der Waals surface area (Å²) in [4.78, 5) is 15.1. The molecule has 0 fully saturated rings. The third kappa shape index (κ3) is 2.87. The zero-order valence-electron chi connectivity index (χ0n) is 10.5. The van der Waals surface area contributed by atoms with E-state index in [0.29, 0.717) is 27.8 Å². The number of halogens is 1. The van der Waals surface area contributed by atoms with Gasteiger partial charge >= 0.3 is 5.97 Å². The van der Waals surface area contributed by atoms with Gasteiger partial charge in [0.1, 0.15) is 11.9 Å². The highest BCUT2D eigenvalue weighted by molar-refractivity contribution is 6.30. The Hall–Kier alpha value is -2.58. The number of aromatic carboxylic acids is 1. The summed E-state index contributed by atoms with van der Waals surface area (Å²) in [6.07, 6.45) is 0. The van der Waals surface area contributed by atoms with Gasteiger partial charge in [0.2, 0.25) is 0 Å². The molecule has 2 rings (SSSR count). The van der Waals surface area contributed by atoms with Gasteiger partial charge in [-0.1, -0.05) is 11.6 Å². The fourth-order valence-electron chi connectivity index (χ4n) is 1.71. The van der Waals surface area contributed by atoms with Crippen LogP contribution in [0.15, 0.2) is 30.3 Å². The molecule has 100 valence electrons. The van der Waals surface area contributed by atoms with Crippen molar-refractivity contribution in [3.63, 3.8) is 0 Å². The van der Waals surface area contributed by atoms with Crippen LogP contribution in [0.3, 0.4) is 0 Å². The molecule has 0 spiro atoms. The first kappa shape index (κ1) is 13.8. The second-order valence-electron chi connectivity index (χ2n) is 4.06. The molecule has 0 aliphatic rings. The molecule has 2 N–H and O–H groups in total. The van der Waals surface area contributed by atoms with Gasteiger partial charge in [0.15, 0.2) is 0 Å². The lowest BCUT2D eigenvalue weighted by Crippen LogP contribution is -2.04. The lowest BCUT2D eigenvalue weighted by atomic mass is 10.2. The summed E-state index contributed by atoms with van der Waals surface area (Å²) in [6.45, 7) is 1.61. The van der Waals surface area contributed by atoms with E-state index in [-0.39, 0.29) is 5.56 Å². The van der Waals surface area contributed by atoms with Crippen molar-refractivity contribution < 1.29 is 9.90 Å². The fourth-order valence-corrected chi connectivity index (χ4v) is 1.88. The van der Waals surface area contributed by atoms with Crippen molar-refractivity contribution in [3.8, 4) is 6.07 Å². The van der Waals surface area contributed by atoms with Crippen molar-refractivity contribution in [1.29, 1.82) is 5.26 Å². The molecule has 1 aromatic carbocycles. The lowest BCUT2D eigenvalue weighted by molar-refractivity contribution is 0.0695. The van der Waals surface area contributed by atoms with Crippen LogP contribution in [0, 0.1) is 18.3 Å². The highest BCUT2D eigenvalue weighted by Gasteiger charge is 2.10. The van der Waals surface area contributed by atoms with Crippen LogP contribution in [-0.2, 0) is 0 Å². The summed E-state index contributed by atoms with van der Waals surface area (Å²) < 4.78 is 0. The van der Waals surface area contributed by atoms with Crippen LogP contribution in [0.25, 0.3) is 0 Å². The Kier molecular flexibility index (Phi) is 3.87. The van der Waals surface area contributed by atoms with E-state index in [2.05, 4.69) is 10.3 Å². The minimum atomic E-state index is -1.03. The highest BCUT2D eigenvalue weighted by Crippen LogP contribution is 2.24. The summed E-state index contributed by atoms with van der Waals surface area (Å²) in [6, 6.07) is 9.88. The minimum Gasteiger partial charge on any atom is -0.478 e. The Balaban J connectivity index is 2.36. The molecule has 0 saturated heterocycles. The third-order valence-electron chi connectivity index (χ3n) is 2.68. The zero-order valence-corrected chi connectivity index (χ0v) is 11.3. The van der Waals surface area contributed by atoms with E-state index >= 15 is 0 Å². The molecule has 0 bridgehead atoms. The molecule has 0 amide bonds. The summed E-state index contributed by atoms with van der Waals surface area (Å²) >= 11 is 5.89. The van der Waals surface area contributed by atoms with Crippen molar-refractivity contribution in [2.45, 2.75) is 6.92 Å². The van der Waals surface area contributed by atoms with Crippen molar-refractivity contribution in [3.05, 3.63) is 52.2 Å². The molecular formula is C14H10ClN3O2. The van der Waals surface area contributed by atoms with Crippen molar-refractivity contribution >= 4 is 29.1 Å². The smallest absolute Gasteiger partial charge is 0.337 e. The number of nitrogens with one attached hydrogen (secondary N) is 1. The normalized spacial score (nSPS) is 9.85. The zero-order chi connectivity index (χ0) is 14.7. The molecule has 0 saturated carbocycles. The molecule has 1 heterocycles. The number of benzene rings is 1. The molecule has 0 aliphatic carbocycles. The molecule has 2 aromatic rings. The van der Waals surface area contributed by atoms with Gasteiger partial charge in [0, 0.05) is 5.02 Å². The van der Waals surface area contributed by atoms with Crippen LogP contribution >= 0.6 is 11.6 Å². The second-order valence-corrected chi connectivity index (χ2v) is 4.50. The van der Waals surface area contributed by atoms with Gasteiger partial charge in [-0.05, 0) is 37.3 Å². The maximum Gasteiger partial charge on any atom is 0.337 e. The Labute approximate surface area is 120 Å². The fraction of sp³-hybridized carbons (Fsp3) is 0.0714. The van der Waals surface area contributed by atoms with E-state index in [9.17, 15) is 4.79 Å². The topological polar surface area (TPSA) is 86.0 Å². The molecule has 5 nitrogen and oxygen atoms in total. The molecule has 0 atom stereocenters. The molecule has 1 aromatic heterocycles. The third-order valence-corrected chi connectivity index (χ3v) is 2.92. The number of rotatable bonds is 3. The Morgan fingerprint density at radius 2 is 2.15 bits per heavy atom. The number of carbonyl (C=O) groups is 1. The van der Waals surface area contributed by atoms with E-state index in [0.717, 1.165) is 0 Å². The molecule has 6 heteroatoms. The second kappa shape index (κ2) is 5.59.